The Hall–Kier alpha value is -2.86. The summed E-state index contributed by atoms with van der Waals surface area (Å²) in [4.78, 5) is 24.8. The van der Waals surface area contributed by atoms with E-state index in [0.717, 1.165) is 18.9 Å². The van der Waals surface area contributed by atoms with Gasteiger partial charge in [0.05, 0.1) is 6.10 Å². The molecule has 1 saturated heterocycles. The lowest BCUT2D eigenvalue weighted by Crippen LogP contribution is -2.53. The quantitative estimate of drug-likeness (QED) is 0.214. The smallest absolute Gasteiger partial charge is 0.325 e. The highest BCUT2D eigenvalue weighted by atomic mass is 16.5. The molecule has 6 nitrogen and oxygen atoms in total. The topological polar surface area (TPSA) is 78.9 Å². The summed E-state index contributed by atoms with van der Waals surface area (Å²) in [7, 11) is 0. The lowest BCUT2D eigenvalue weighted by atomic mass is 9.91. The van der Waals surface area contributed by atoms with Gasteiger partial charge in [-0.15, -0.1) is 0 Å². The number of ether oxygens (including phenoxy) is 1. The van der Waals surface area contributed by atoms with Gasteiger partial charge in [-0.3, -0.25) is 14.5 Å². The van der Waals surface area contributed by atoms with Crippen LogP contribution in [-0.2, 0) is 9.59 Å². The van der Waals surface area contributed by atoms with Gasteiger partial charge in [-0.1, -0.05) is 89.5 Å². The number of rotatable bonds is 14. The van der Waals surface area contributed by atoms with Crippen molar-refractivity contribution in [3.63, 3.8) is 0 Å². The molecule has 1 aromatic carbocycles. The number of allylic oxidation sites excluding steroid dienone is 5. The maximum absolute atomic E-state index is 11.7. The van der Waals surface area contributed by atoms with Crippen LogP contribution >= 0.6 is 0 Å². The van der Waals surface area contributed by atoms with E-state index in [0.29, 0.717) is 24.4 Å². The van der Waals surface area contributed by atoms with Crippen LogP contribution in [0.2, 0.25) is 0 Å². The molecule has 0 aliphatic carbocycles. The largest absolute Gasteiger partial charge is 0.491 e. The van der Waals surface area contributed by atoms with Crippen molar-refractivity contribution in [2.24, 2.45) is 11.8 Å². The van der Waals surface area contributed by atoms with E-state index in [1.54, 1.807) is 30.0 Å². The van der Waals surface area contributed by atoms with Crippen LogP contribution in [0.15, 0.2) is 59.8 Å². The minimum Gasteiger partial charge on any atom is -0.491 e. The van der Waals surface area contributed by atoms with E-state index in [2.05, 4.69) is 44.8 Å². The van der Waals surface area contributed by atoms with Gasteiger partial charge in [-0.05, 0) is 70.9 Å². The number of benzene rings is 1. The number of aliphatic carboxylic acids is 1. The van der Waals surface area contributed by atoms with Crippen LogP contribution < -0.4 is 10.1 Å². The molecular weight excluding hydrogens is 524 g/mol. The number of para-hydroxylation sites is 1. The molecule has 0 amide bonds. The Bertz CT molecular complexity index is 1040. The number of ketones is 1. The molecule has 1 aromatic rings. The van der Waals surface area contributed by atoms with Gasteiger partial charge < -0.3 is 15.2 Å². The van der Waals surface area contributed by atoms with Crippen LogP contribution in [0.1, 0.15) is 112 Å². The fourth-order valence-corrected chi connectivity index (χ4v) is 5.25. The van der Waals surface area contributed by atoms with Crippen molar-refractivity contribution < 1.29 is 19.4 Å². The van der Waals surface area contributed by atoms with Crippen molar-refractivity contribution in [1.29, 1.82) is 0 Å². The molecule has 0 spiro atoms. The van der Waals surface area contributed by atoms with Crippen molar-refractivity contribution in [2.45, 2.75) is 112 Å². The van der Waals surface area contributed by atoms with Crippen LogP contribution in [0.4, 0.5) is 0 Å². The molecule has 2 heterocycles. The number of likely N-dealkylation sites (tertiary alicyclic amines) is 1. The SMILES string of the molecule is C=C(/C=C\C1=C(C)NCCC1)CCC(CC)CCC.CC.CC(=O)C1CN(C(C(=O)O)c2ccccc2OC(C)C)C1. The first-order valence-electron chi connectivity index (χ1n) is 16.1. The predicted molar refractivity (Wildman–Crippen MR) is 176 cm³/mol. The molecule has 3 rings (SSSR count). The van der Waals surface area contributed by atoms with Crippen LogP contribution in [0.25, 0.3) is 0 Å². The molecule has 6 heteroatoms. The third kappa shape index (κ3) is 12.6. The zero-order valence-corrected chi connectivity index (χ0v) is 27.7. The predicted octanol–water partition coefficient (Wildman–Crippen LogP) is 8.51. The zero-order valence-electron chi connectivity index (χ0n) is 27.7. The third-order valence-corrected chi connectivity index (χ3v) is 7.82. The summed E-state index contributed by atoms with van der Waals surface area (Å²) < 4.78 is 5.71. The molecule has 0 aromatic heterocycles. The zero-order chi connectivity index (χ0) is 31.7. The highest BCUT2D eigenvalue weighted by molar-refractivity contribution is 5.81. The van der Waals surface area contributed by atoms with Crippen LogP contribution in [0.5, 0.6) is 5.75 Å². The summed E-state index contributed by atoms with van der Waals surface area (Å²) in [6.07, 6.45) is 13.3. The number of hydrogen-bond donors (Lipinski definition) is 2. The summed E-state index contributed by atoms with van der Waals surface area (Å²) in [5.41, 5.74) is 4.71. The van der Waals surface area contributed by atoms with Gasteiger partial charge in [-0.25, -0.2) is 0 Å². The number of carbonyl (C=O) groups is 2. The van der Waals surface area contributed by atoms with Gasteiger partial charge in [0.25, 0.3) is 0 Å². The number of carboxylic acids is 1. The number of Topliss-reactive ketones (excluding diaryl/α,β-unsaturated/α-hetero) is 1. The lowest BCUT2D eigenvalue weighted by Gasteiger charge is -2.41. The number of carbonyl (C=O) groups excluding carboxylic acids is 1. The van der Waals surface area contributed by atoms with Crippen LogP contribution in [0, 0.1) is 11.8 Å². The lowest BCUT2D eigenvalue weighted by molar-refractivity contribution is -0.149. The molecule has 2 unspecified atom stereocenters. The summed E-state index contributed by atoms with van der Waals surface area (Å²) in [5, 5.41) is 13.0. The first kappa shape index (κ1) is 37.2. The van der Waals surface area contributed by atoms with Gasteiger partial charge in [0.1, 0.15) is 17.6 Å². The van der Waals surface area contributed by atoms with Gasteiger partial charge in [0.15, 0.2) is 0 Å². The molecule has 236 valence electrons. The molecule has 0 bridgehead atoms. The van der Waals surface area contributed by atoms with E-state index >= 15 is 0 Å². The van der Waals surface area contributed by atoms with Crippen LogP contribution in [0.3, 0.4) is 0 Å². The standard InChI is InChI=1S/C18H31N.C16H21NO4.C2H6/c1-5-8-17(6-2)12-10-15(3)11-13-18-9-7-14-19-16(18)4;1-10(2)21-14-7-5-4-6-13(14)15(16(19)20)17-8-12(9-17)11(3)18;1-2/h11,13,17,19H,3,5-10,12,14H2,1-2,4H3;4-7,10,12,15H,8-9H2,1-3H3,(H,19,20);1-2H3/b13-11-;;. The Morgan fingerprint density at radius 1 is 1.17 bits per heavy atom. The Morgan fingerprint density at radius 3 is 2.38 bits per heavy atom. The second-order valence-corrected chi connectivity index (χ2v) is 11.5. The summed E-state index contributed by atoms with van der Waals surface area (Å²) in [6, 6.07) is 6.43. The normalized spacial score (nSPS) is 16.8. The van der Waals surface area contributed by atoms with Crippen molar-refractivity contribution >= 4 is 11.8 Å². The van der Waals surface area contributed by atoms with E-state index in [4.69, 9.17) is 4.74 Å². The van der Waals surface area contributed by atoms with E-state index in [1.807, 2.05) is 33.8 Å². The van der Waals surface area contributed by atoms with E-state index in [9.17, 15) is 14.7 Å². The fraction of sp³-hybridized carbons (Fsp3) is 0.611. The van der Waals surface area contributed by atoms with Gasteiger partial charge in [0, 0.05) is 36.8 Å². The van der Waals surface area contributed by atoms with Crippen molar-refractivity contribution in [1.82, 2.24) is 10.2 Å². The van der Waals surface area contributed by atoms with Crippen molar-refractivity contribution in [3.05, 3.63) is 65.4 Å². The number of hydrogen-bond acceptors (Lipinski definition) is 5. The van der Waals surface area contributed by atoms with Crippen molar-refractivity contribution in [3.8, 4) is 5.75 Å². The summed E-state index contributed by atoms with van der Waals surface area (Å²) in [6.45, 7) is 22.4. The Kier molecular flexibility index (Phi) is 17.8. The second kappa shape index (κ2) is 20.1. The minimum atomic E-state index is -0.920. The fourth-order valence-electron chi connectivity index (χ4n) is 5.25. The molecule has 1 fully saturated rings. The second-order valence-electron chi connectivity index (χ2n) is 11.5. The van der Waals surface area contributed by atoms with E-state index < -0.39 is 12.0 Å². The maximum atomic E-state index is 11.7. The monoisotopic (exact) mass is 582 g/mol. The molecule has 0 radical (unpaired) electrons. The minimum absolute atomic E-state index is 0.0260. The average molecular weight is 583 g/mol. The summed E-state index contributed by atoms with van der Waals surface area (Å²) >= 11 is 0. The maximum Gasteiger partial charge on any atom is 0.325 e. The Labute approximate surface area is 256 Å². The average Bonchev–Trinajstić information content (AvgIpc) is 2.93. The number of carboxylic acid groups (broad SMARTS) is 1. The number of nitrogens with one attached hydrogen (secondary N) is 1. The number of nitrogens with zero attached hydrogens (tertiary/aromatic N) is 1. The molecule has 2 N–H and O–H groups in total. The first-order chi connectivity index (χ1) is 20.1. The third-order valence-electron chi connectivity index (χ3n) is 7.82. The van der Waals surface area contributed by atoms with Gasteiger partial charge in [-0.2, -0.15) is 0 Å². The van der Waals surface area contributed by atoms with Gasteiger partial charge >= 0.3 is 5.97 Å². The summed E-state index contributed by atoms with van der Waals surface area (Å²) in [5.74, 6) is 0.613. The molecule has 42 heavy (non-hydrogen) atoms. The van der Waals surface area contributed by atoms with Crippen LogP contribution in [-0.4, -0.2) is 47.5 Å². The van der Waals surface area contributed by atoms with E-state index in [-0.39, 0.29) is 17.8 Å². The molecule has 2 atom stereocenters. The highest BCUT2D eigenvalue weighted by Crippen LogP contribution is 2.35. The molecular formula is C36H58N2O4. The molecule has 2 aliphatic rings. The Morgan fingerprint density at radius 2 is 1.83 bits per heavy atom. The van der Waals surface area contributed by atoms with Crippen molar-refractivity contribution in [2.75, 3.05) is 19.6 Å². The molecule has 2 aliphatic heterocycles. The molecule has 0 saturated carbocycles. The first-order valence-corrected chi connectivity index (χ1v) is 16.1. The van der Waals surface area contributed by atoms with E-state index in [1.165, 1.54) is 55.4 Å². The Balaban J connectivity index is 0.000000399. The highest BCUT2D eigenvalue weighted by Gasteiger charge is 2.40. The van der Waals surface area contributed by atoms with Gasteiger partial charge in [0.2, 0.25) is 0 Å².